The Labute approximate surface area is 131 Å². The van der Waals surface area contributed by atoms with E-state index in [0.29, 0.717) is 0 Å². The average Bonchev–Trinajstić information content (AvgIpc) is 2.60. The first-order valence-electron chi connectivity index (χ1n) is 5.91. The highest BCUT2D eigenvalue weighted by Crippen LogP contribution is 2.27. The van der Waals surface area contributed by atoms with Crippen LogP contribution in [0, 0.1) is 58.2 Å². The molecule has 0 spiro atoms. The third-order valence-corrected chi connectivity index (χ3v) is 2.82. The van der Waals surface area contributed by atoms with E-state index in [1.807, 2.05) is 0 Å². The molecule has 25 heavy (non-hydrogen) atoms. The van der Waals surface area contributed by atoms with Gasteiger partial charge in [0.2, 0.25) is 11.6 Å². The molecule has 0 saturated heterocycles. The van der Waals surface area contributed by atoms with Gasteiger partial charge >= 0.3 is 0 Å². The van der Waals surface area contributed by atoms with E-state index in [1.54, 1.807) is 0 Å². The Hall–Kier alpha value is -2.79. The van der Waals surface area contributed by atoms with Crippen molar-refractivity contribution in [2.45, 2.75) is 0 Å². The Morgan fingerprint density at radius 3 is 1.20 bits per heavy atom. The third-order valence-electron chi connectivity index (χ3n) is 2.82. The Kier molecular flexibility index (Phi) is 4.90. The second-order valence-electron chi connectivity index (χ2n) is 4.30. The topological polar surface area (TPSA) is 24.4 Å². The SMILES string of the molecule is Fc1c(F)c(F)c(C=NNc2c(F)c(F)c(F)c(F)c2F)c(F)c1F. The standard InChI is InChI=1S/C13H2F10N2/c14-3-2(4(15)6(17)7(18)5(3)16)1-24-25-13-11(22)9(20)8(19)10(21)12(13)23/h1,25H. The maximum absolute atomic E-state index is 13.3. The van der Waals surface area contributed by atoms with E-state index in [1.165, 1.54) is 5.43 Å². The summed E-state index contributed by atoms with van der Waals surface area (Å²) in [5.74, 6) is -23.6. The van der Waals surface area contributed by atoms with Gasteiger partial charge in [0.1, 0.15) is 5.69 Å². The molecule has 0 aliphatic heterocycles. The van der Waals surface area contributed by atoms with Crippen LogP contribution < -0.4 is 5.43 Å². The lowest BCUT2D eigenvalue weighted by molar-refractivity contribution is 0.377. The molecule has 0 heterocycles. The predicted molar refractivity (Wildman–Crippen MR) is 63.7 cm³/mol. The highest BCUT2D eigenvalue weighted by molar-refractivity contribution is 5.81. The van der Waals surface area contributed by atoms with E-state index in [0.717, 1.165) is 0 Å². The van der Waals surface area contributed by atoms with E-state index in [2.05, 4.69) is 5.10 Å². The van der Waals surface area contributed by atoms with Crippen LogP contribution in [0.5, 0.6) is 0 Å². The average molecular weight is 376 g/mol. The molecule has 0 aromatic heterocycles. The minimum absolute atomic E-state index is 0.0890. The summed E-state index contributed by atoms with van der Waals surface area (Å²) in [6, 6.07) is 0. The fourth-order valence-corrected chi connectivity index (χ4v) is 1.60. The first kappa shape index (κ1) is 18.5. The fraction of sp³-hybridized carbons (Fsp3) is 0. The van der Waals surface area contributed by atoms with Gasteiger partial charge in [0, 0.05) is 0 Å². The number of hydrazone groups is 1. The van der Waals surface area contributed by atoms with E-state index in [9.17, 15) is 43.9 Å². The van der Waals surface area contributed by atoms with Crippen molar-refractivity contribution in [3.05, 3.63) is 63.7 Å². The number of nitrogens with one attached hydrogen (secondary N) is 1. The largest absolute Gasteiger partial charge is 0.272 e. The monoisotopic (exact) mass is 376 g/mol. The van der Waals surface area contributed by atoms with Gasteiger partial charge in [-0.2, -0.15) is 5.10 Å². The van der Waals surface area contributed by atoms with Gasteiger partial charge in [-0.1, -0.05) is 0 Å². The molecule has 0 bridgehead atoms. The number of nitrogens with zero attached hydrogens (tertiary/aromatic N) is 1. The summed E-state index contributed by atoms with van der Waals surface area (Å²) in [5, 5.41) is 2.73. The summed E-state index contributed by atoms with van der Waals surface area (Å²) >= 11 is 0. The summed E-state index contributed by atoms with van der Waals surface area (Å²) in [5.41, 5.74) is -2.05. The molecule has 0 saturated carbocycles. The summed E-state index contributed by atoms with van der Waals surface area (Å²) in [4.78, 5) is 0. The summed E-state index contributed by atoms with van der Waals surface area (Å²) in [6.07, 6.45) is -0.0890. The summed E-state index contributed by atoms with van der Waals surface area (Å²) in [7, 11) is 0. The van der Waals surface area contributed by atoms with Crippen LogP contribution in [0.15, 0.2) is 5.10 Å². The van der Waals surface area contributed by atoms with Gasteiger partial charge in [-0.15, -0.1) is 0 Å². The van der Waals surface area contributed by atoms with Crippen LogP contribution in [0.2, 0.25) is 0 Å². The Morgan fingerprint density at radius 1 is 0.480 bits per heavy atom. The molecule has 0 aliphatic carbocycles. The lowest BCUT2D eigenvalue weighted by atomic mass is 10.2. The maximum Gasteiger partial charge on any atom is 0.200 e. The first-order chi connectivity index (χ1) is 11.6. The van der Waals surface area contributed by atoms with Crippen molar-refractivity contribution >= 4 is 11.9 Å². The Morgan fingerprint density at radius 2 is 0.800 bits per heavy atom. The zero-order valence-electron chi connectivity index (χ0n) is 11.3. The van der Waals surface area contributed by atoms with E-state index in [4.69, 9.17) is 0 Å². The highest BCUT2D eigenvalue weighted by atomic mass is 19.2. The molecule has 0 amide bonds. The van der Waals surface area contributed by atoms with Gasteiger partial charge in [-0.25, -0.2) is 43.9 Å². The number of hydrogen-bond acceptors (Lipinski definition) is 2. The van der Waals surface area contributed by atoms with Gasteiger partial charge in [0.05, 0.1) is 11.8 Å². The quantitative estimate of drug-likeness (QED) is 0.275. The molecule has 0 unspecified atom stereocenters. The molecule has 2 rings (SSSR count). The van der Waals surface area contributed by atoms with Crippen molar-refractivity contribution in [1.82, 2.24) is 0 Å². The van der Waals surface area contributed by atoms with Crippen LogP contribution in [0.3, 0.4) is 0 Å². The number of rotatable bonds is 3. The van der Waals surface area contributed by atoms with Crippen molar-refractivity contribution in [2.75, 3.05) is 5.43 Å². The van der Waals surface area contributed by atoms with Gasteiger partial charge < -0.3 is 0 Å². The lowest BCUT2D eigenvalue weighted by Gasteiger charge is -2.07. The molecule has 2 aromatic rings. The predicted octanol–water partition coefficient (Wildman–Crippen LogP) is 4.52. The second-order valence-corrected chi connectivity index (χ2v) is 4.30. The minimum atomic E-state index is -2.47. The van der Waals surface area contributed by atoms with Crippen LogP contribution in [0.4, 0.5) is 49.6 Å². The molecular weight excluding hydrogens is 374 g/mol. The Balaban J connectivity index is 2.45. The smallest absolute Gasteiger partial charge is 0.200 e. The normalized spacial score (nSPS) is 11.4. The fourth-order valence-electron chi connectivity index (χ4n) is 1.60. The molecule has 12 heteroatoms. The maximum atomic E-state index is 13.3. The molecule has 0 atom stereocenters. The number of hydrogen-bond donors (Lipinski definition) is 1. The molecule has 0 radical (unpaired) electrons. The van der Waals surface area contributed by atoms with Crippen LogP contribution in [0.25, 0.3) is 0 Å². The summed E-state index contributed by atoms with van der Waals surface area (Å²) < 4.78 is 131. The molecule has 2 aromatic carbocycles. The van der Waals surface area contributed by atoms with Crippen molar-refractivity contribution in [2.24, 2.45) is 5.10 Å². The molecule has 1 N–H and O–H groups in total. The number of anilines is 1. The van der Waals surface area contributed by atoms with Gasteiger partial charge in [-0.3, -0.25) is 5.43 Å². The molecule has 0 fully saturated rings. The zero-order valence-corrected chi connectivity index (χ0v) is 11.3. The van der Waals surface area contributed by atoms with E-state index < -0.39 is 69.4 Å². The van der Waals surface area contributed by atoms with E-state index >= 15 is 0 Å². The number of halogens is 10. The molecule has 2 nitrogen and oxygen atoms in total. The number of benzene rings is 2. The van der Waals surface area contributed by atoms with Gasteiger partial charge in [0.25, 0.3) is 0 Å². The van der Waals surface area contributed by atoms with Crippen molar-refractivity contribution in [3.8, 4) is 0 Å². The van der Waals surface area contributed by atoms with Crippen molar-refractivity contribution in [1.29, 1.82) is 0 Å². The Bertz CT molecular complexity index is 835. The van der Waals surface area contributed by atoms with Crippen LogP contribution in [0.1, 0.15) is 5.56 Å². The van der Waals surface area contributed by atoms with Crippen LogP contribution in [-0.2, 0) is 0 Å². The molecule has 134 valence electrons. The minimum Gasteiger partial charge on any atom is -0.272 e. The lowest BCUT2D eigenvalue weighted by Crippen LogP contribution is -2.09. The first-order valence-corrected chi connectivity index (χ1v) is 5.91. The molecular formula is C13H2F10N2. The third kappa shape index (κ3) is 2.98. The van der Waals surface area contributed by atoms with E-state index in [-0.39, 0.29) is 6.21 Å². The van der Waals surface area contributed by atoms with Gasteiger partial charge in [0.15, 0.2) is 46.5 Å². The summed E-state index contributed by atoms with van der Waals surface area (Å²) in [6.45, 7) is 0. The molecule has 0 aliphatic rings. The van der Waals surface area contributed by atoms with Crippen LogP contribution >= 0.6 is 0 Å². The highest BCUT2D eigenvalue weighted by Gasteiger charge is 2.26. The zero-order chi connectivity index (χ0) is 19.0. The second kappa shape index (κ2) is 6.61. The van der Waals surface area contributed by atoms with Gasteiger partial charge in [-0.05, 0) is 0 Å². The van der Waals surface area contributed by atoms with Crippen LogP contribution in [-0.4, -0.2) is 6.21 Å². The van der Waals surface area contributed by atoms with Crippen molar-refractivity contribution in [3.63, 3.8) is 0 Å². The van der Waals surface area contributed by atoms with Crippen molar-refractivity contribution < 1.29 is 43.9 Å².